The van der Waals surface area contributed by atoms with Crippen molar-refractivity contribution in [3.63, 3.8) is 0 Å². The fourth-order valence-electron chi connectivity index (χ4n) is 1.84. The summed E-state index contributed by atoms with van der Waals surface area (Å²) < 4.78 is 13.2. The maximum Gasteiger partial charge on any atom is 0.123 e. The van der Waals surface area contributed by atoms with E-state index in [-0.39, 0.29) is 11.7 Å². The van der Waals surface area contributed by atoms with Crippen molar-refractivity contribution < 1.29 is 4.39 Å². The molecule has 2 aromatic rings. The molecule has 1 atom stereocenters. The molecule has 0 saturated carbocycles. The first-order valence-electron chi connectivity index (χ1n) is 5.28. The number of nitrogen functional groups attached to an aromatic ring is 1. The predicted molar refractivity (Wildman–Crippen MR) is 64.8 cm³/mol. The predicted octanol–water partition coefficient (Wildman–Crippen LogP) is 3.56. The average Bonchev–Trinajstić information content (AvgIpc) is 2.32. The molecule has 16 heavy (non-hydrogen) atoms. The van der Waals surface area contributed by atoms with Gasteiger partial charge in [-0.2, -0.15) is 0 Å². The fourth-order valence-corrected chi connectivity index (χ4v) is 1.84. The SMILES string of the molecule is CC(c1ccccc1)c1cc(F)ccc1N. The van der Waals surface area contributed by atoms with Gasteiger partial charge < -0.3 is 5.73 Å². The van der Waals surface area contributed by atoms with Crippen LogP contribution in [-0.4, -0.2) is 0 Å². The molecule has 2 rings (SSSR count). The third kappa shape index (κ3) is 2.06. The van der Waals surface area contributed by atoms with Gasteiger partial charge in [-0.05, 0) is 29.3 Å². The summed E-state index contributed by atoms with van der Waals surface area (Å²) in [5.41, 5.74) is 8.48. The van der Waals surface area contributed by atoms with E-state index in [1.165, 1.54) is 12.1 Å². The molecule has 0 amide bonds. The van der Waals surface area contributed by atoms with Gasteiger partial charge in [0, 0.05) is 11.6 Å². The van der Waals surface area contributed by atoms with Gasteiger partial charge in [-0.3, -0.25) is 0 Å². The van der Waals surface area contributed by atoms with Crippen LogP contribution in [0.5, 0.6) is 0 Å². The highest BCUT2D eigenvalue weighted by Crippen LogP contribution is 2.28. The summed E-state index contributed by atoms with van der Waals surface area (Å²) in [7, 11) is 0. The van der Waals surface area contributed by atoms with Crippen molar-refractivity contribution in [2.24, 2.45) is 0 Å². The molecular weight excluding hydrogens is 201 g/mol. The highest BCUT2D eigenvalue weighted by atomic mass is 19.1. The van der Waals surface area contributed by atoms with Crippen LogP contribution in [0, 0.1) is 5.82 Å². The van der Waals surface area contributed by atoms with E-state index in [0.717, 1.165) is 11.1 Å². The van der Waals surface area contributed by atoms with Gasteiger partial charge in [-0.25, -0.2) is 4.39 Å². The van der Waals surface area contributed by atoms with Crippen molar-refractivity contribution >= 4 is 5.69 Å². The quantitative estimate of drug-likeness (QED) is 0.761. The molecule has 2 N–H and O–H groups in total. The van der Waals surface area contributed by atoms with Gasteiger partial charge in [0.25, 0.3) is 0 Å². The van der Waals surface area contributed by atoms with Crippen LogP contribution in [0.15, 0.2) is 48.5 Å². The Morgan fingerprint density at radius 3 is 2.44 bits per heavy atom. The Bertz CT molecular complexity index is 479. The van der Waals surface area contributed by atoms with E-state index in [1.807, 2.05) is 37.3 Å². The molecule has 0 aliphatic heterocycles. The Kier molecular flexibility index (Phi) is 2.91. The molecule has 1 nitrogen and oxygen atoms in total. The first-order chi connectivity index (χ1) is 7.68. The van der Waals surface area contributed by atoms with Crippen molar-refractivity contribution in [1.29, 1.82) is 0 Å². The number of anilines is 1. The summed E-state index contributed by atoms with van der Waals surface area (Å²) in [4.78, 5) is 0. The number of hydrogen-bond acceptors (Lipinski definition) is 1. The second-order valence-electron chi connectivity index (χ2n) is 3.91. The van der Waals surface area contributed by atoms with Gasteiger partial charge in [0.1, 0.15) is 5.82 Å². The molecule has 0 fully saturated rings. The zero-order valence-electron chi connectivity index (χ0n) is 9.15. The number of benzene rings is 2. The summed E-state index contributed by atoms with van der Waals surface area (Å²) in [5, 5.41) is 0. The van der Waals surface area contributed by atoms with E-state index in [2.05, 4.69) is 0 Å². The van der Waals surface area contributed by atoms with Crippen LogP contribution in [0.25, 0.3) is 0 Å². The van der Waals surface area contributed by atoms with Gasteiger partial charge in [-0.15, -0.1) is 0 Å². The van der Waals surface area contributed by atoms with Gasteiger partial charge >= 0.3 is 0 Å². The maximum absolute atomic E-state index is 13.2. The van der Waals surface area contributed by atoms with Crippen LogP contribution in [0.4, 0.5) is 10.1 Å². The topological polar surface area (TPSA) is 26.0 Å². The van der Waals surface area contributed by atoms with Gasteiger partial charge in [-0.1, -0.05) is 37.3 Å². The molecule has 2 heteroatoms. The average molecular weight is 215 g/mol. The van der Waals surface area contributed by atoms with E-state index in [1.54, 1.807) is 6.07 Å². The molecule has 0 saturated heterocycles. The van der Waals surface area contributed by atoms with E-state index in [4.69, 9.17) is 5.73 Å². The van der Waals surface area contributed by atoms with Crippen molar-refractivity contribution in [3.05, 3.63) is 65.5 Å². The zero-order chi connectivity index (χ0) is 11.5. The lowest BCUT2D eigenvalue weighted by Gasteiger charge is -2.14. The number of rotatable bonds is 2. The Balaban J connectivity index is 2.41. The minimum absolute atomic E-state index is 0.108. The smallest absolute Gasteiger partial charge is 0.123 e. The lowest BCUT2D eigenvalue weighted by atomic mass is 9.92. The number of halogens is 1. The molecule has 1 unspecified atom stereocenters. The first kappa shape index (κ1) is 10.7. The standard InChI is InChI=1S/C14H14FN/c1-10(11-5-3-2-4-6-11)13-9-12(15)7-8-14(13)16/h2-10H,16H2,1H3. The lowest BCUT2D eigenvalue weighted by Crippen LogP contribution is -2.01. The van der Waals surface area contributed by atoms with E-state index < -0.39 is 0 Å². The highest BCUT2D eigenvalue weighted by molar-refractivity contribution is 5.51. The fraction of sp³-hybridized carbons (Fsp3) is 0.143. The Morgan fingerprint density at radius 1 is 1.06 bits per heavy atom. The molecule has 0 aromatic heterocycles. The van der Waals surface area contributed by atoms with Crippen LogP contribution >= 0.6 is 0 Å². The van der Waals surface area contributed by atoms with E-state index in [9.17, 15) is 4.39 Å². The number of nitrogens with two attached hydrogens (primary N) is 1. The normalized spacial score (nSPS) is 12.4. The molecule has 0 aliphatic carbocycles. The van der Waals surface area contributed by atoms with Crippen LogP contribution in [0.3, 0.4) is 0 Å². The number of hydrogen-bond donors (Lipinski definition) is 1. The Hall–Kier alpha value is -1.83. The van der Waals surface area contributed by atoms with Crippen molar-refractivity contribution in [2.45, 2.75) is 12.8 Å². The first-order valence-corrected chi connectivity index (χ1v) is 5.28. The highest BCUT2D eigenvalue weighted by Gasteiger charge is 2.11. The molecule has 2 aromatic carbocycles. The van der Waals surface area contributed by atoms with Crippen LogP contribution < -0.4 is 5.73 Å². The second kappa shape index (κ2) is 4.35. The van der Waals surface area contributed by atoms with Crippen molar-refractivity contribution in [3.8, 4) is 0 Å². The third-order valence-electron chi connectivity index (χ3n) is 2.81. The van der Waals surface area contributed by atoms with E-state index in [0.29, 0.717) is 5.69 Å². The molecular formula is C14H14FN. The van der Waals surface area contributed by atoms with Crippen molar-refractivity contribution in [2.75, 3.05) is 5.73 Å². The summed E-state index contributed by atoms with van der Waals surface area (Å²) in [6.45, 7) is 2.03. The maximum atomic E-state index is 13.2. The second-order valence-corrected chi connectivity index (χ2v) is 3.91. The van der Waals surface area contributed by atoms with Crippen molar-refractivity contribution in [1.82, 2.24) is 0 Å². The van der Waals surface area contributed by atoms with Crippen LogP contribution in [0.1, 0.15) is 24.0 Å². The monoisotopic (exact) mass is 215 g/mol. The van der Waals surface area contributed by atoms with Crippen LogP contribution in [-0.2, 0) is 0 Å². The largest absolute Gasteiger partial charge is 0.398 e. The molecule has 0 spiro atoms. The minimum Gasteiger partial charge on any atom is -0.398 e. The molecule has 0 aliphatic rings. The van der Waals surface area contributed by atoms with E-state index >= 15 is 0 Å². The molecule has 0 bridgehead atoms. The Labute approximate surface area is 94.7 Å². The van der Waals surface area contributed by atoms with Gasteiger partial charge in [0.2, 0.25) is 0 Å². The molecule has 82 valence electrons. The summed E-state index contributed by atoms with van der Waals surface area (Å²) in [5.74, 6) is -0.135. The van der Waals surface area contributed by atoms with Gasteiger partial charge in [0.05, 0.1) is 0 Å². The minimum atomic E-state index is -0.244. The summed E-state index contributed by atoms with van der Waals surface area (Å²) >= 11 is 0. The molecule has 0 heterocycles. The molecule has 0 radical (unpaired) electrons. The Morgan fingerprint density at radius 2 is 1.75 bits per heavy atom. The summed E-state index contributed by atoms with van der Waals surface area (Å²) in [6.07, 6.45) is 0. The van der Waals surface area contributed by atoms with Crippen LogP contribution in [0.2, 0.25) is 0 Å². The third-order valence-corrected chi connectivity index (χ3v) is 2.81. The van der Waals surface area contributed by atoms with Gasteiger partial charge in [0.15, 0.2) is 0 Å². The zero-order valence-corrected chi connectivity index (χ0v) is 9.15. The lowest BCUT2D eigenvalue weighted by molar-refractivity contribution is 0.624. The summed E-state index contributed by atoms with van der Waals surface area (Å²) in [6, 6.07) is 14.5.